The number of likely N-dealkylation sites (N-methyl/N-ethyl adjacent to an activating group) is 1. The van der Waals surface area contributed by atoms with Crippen LogP contribution in [-0.4, -0.2) is 48.5 Å². The monoisotopic (exact) mass is 453 g/mol. The van der Waals surface area contributed by atoms with Crippen molar-refractivity contribution in [2.45, 2.75) is 20.8 Å². The summed E-state index contributed by atoms with van der Waals surface area (Å²) in [6.07, 6.45) is 0. The molecule has 1 heterocycles. The Hall–Kier alpha value is -3.39. The molecule has 1 aromatic heterocycles. The minimum Gasteiger partial charge on any atom is -0.490 e. The number of carbonyl (C=O) groups is 2. The number of nitrogens with zero attached hydrogens (tertiary/aromatic N) is 2. The van der Waals surface area contributed by atoms with Crippen molar-refractivity contribution in [1.29, 1.82) is 0 Å². The van der Waals surface area contributed by atoms with E-state index in [0.717, 1.165) is 16.1 Å². The van der Waals surface area contributed by atoms with E-state index in [9.17, 15) is 9.59 Å². The number of rotatable bonds is 9. The van der Waals surface area contributed by atoms with Gasteiger partial charge in [-0.15, -0.1) is 11.3 Å². The number of aromatic nitrogens is 1. The summed E-state index contributed by atoms with van der Waals surface area (Å²) in [7, 11) is 1.58. The van der Waals surface area contributed by atoms with Crippen molar-refractivity contribution in [3.05, 3.63) is 59.1 Å². The van der Waals surface area contributed by atoms with Gasteiger partial charge in [-0.25, -0.2) is 4.98 Å². The molecular weight excluding hydrogens is 426 g/mol. The van der Waals surface area contributed by atoms with Gasteiger partial charge in [-0.3, -0.25) is 9.59 Å². The van der Waals surface area contributed by atoms with Crippen molar-refractivity contribution in [1.82, 2.24) is 9.88 Å². The zero-order valence-corrected chi connectivity index (χ0v) is 19.5. The molecule has 0 unspecified atom stereocenters. The molecule has 0 fully saturated rings. The molecule has 3 rings (SSSR count). The molecule has 168 valence electrons. The van der Waals surface area contributed by atoms with Gasteiger partial charge in [0.2, 0.25) is 5.91 Å². The van der Waals surface area contributed by atoms with Gasteiger partial charge in [-0.2, -0.15) is 0 Å². The number of benzene rings is 2. The van der Waals surface area contributed by atoms with Crippen molar-refractivity contribution < 1.29 is 19.1 Å². The lowest BCUT2D eigenvalue weighted by Crippen LogP contribution is -2.35. The number of hydrogen-bond donors (Lipinski definition) is 1. The molecule has 8 heteroatoms. The van der Waals surface area contributed by atoms with Crippen molar-refractivity contribution >= 4 is 28.8 Å². The molecule has 7 nitrogen and oxygen atoms in total. The number of nitrogens with one attached hydrogen (secondary N) is 1. The number of ether oxygens (including phenoxy) is 2. The van der Waals surface area contributed by atoms with Gasteiger partial charge in [0, 0.05) is 29.7 Å². The molecule has 1 N–H and O–H groups in total. The Labute approximate surface area is 192 Å². The smallest absolute Gasteiger partial charge is 0.273 e. The second kappa shape index (κ2) is 10.8. The van der Waals surface area contributed by atoms with E-state index < -0.39 is 0 Å². The first-order chi connectivity index (χ1) is 15.4. The molecular formula is C24H27N3O4S. The summed E-state index contributed by atoms with van der Waals surface area (Å²) in [5.41, 5.74) is 3.01. The van der Waals surface area contributed by atoms with Gasteiger partial charge >= 0.3 is 0 Å². The maximum absolute atomic E-state index is 12.7. The van der Waals surface area contributed by atoms with Crippen LogP contribution in [0.3, 0.4) is 0 Å². The zero-order chi connectivity index (χ0) is 23.1. The number of hydrogen-bond acceptors (Lipinski definition) is 6. The minimum atomic E-state index is -0.318. The van der Waals surface area contributed by atoms with Crippen LogP contribution >= 0.6 is 11.3 Å². The van der Waals surface area contributed by atoms with Gasteiger partial charge in [-0.1, -0.05) is 29.8 Å². The molecule has 0 saturated heterocycles. The van der Waals surface area contributed by atoms with Gasteiger partial charge < -0.3 is 19.7 Å². The summed E-state index contributed by atoms with van der Waals surface area (Å²) in [5, 5.41) is 5.28. The number of amides is 2. The molecule has 0 spiro atoms. The Morgan fingerprint density at radius 3 is 2.41 bits per heavy atom. The predicted molar refractivity (Wildman–Crippen MR) is 127 cm³/mol. The average molecular weight is 454 g/mol. The van der Waals surface area contributed by atoms with Crippen LogP contribution in [0.4, 0.5) is 5.69 Å². The van der Waals surface area contributed by atoms with Crippen LogP contribution < -0.4 is 14.8 Å². The van der Waals surface area contributed by atoms with Crippen molar-refractivity contribution in [3.63, 3.8) is 0 Å². The molecule has 3 aromatic rings. The van der Waals surface area contributed by atoms with E-state index in [1.54, 1.807) is 30.6 Å². The number of thiazole rings is 1. The van der Waals surface area contributed by atoms with Crippen LogP contribution in [0.5, 0.6) is 11.5 Å². The van der Waals surface area contributed by atoms with E-state index in [-0.39, 0.29) is 18.4 Å². The lowest BCUT2D eigenvalue weighted by atomic mass is 10.2. The Balaban J connectivity index is 1.62. The molecule has 0 aliphatic rings. The second-order valence-corrected chi connectivity index (χ2v) is 8.00. The third kappa shape index (κ3) is 5.85. The van der Waals surface area contributed by atoms with Gasteiger partial charge in [0.15, 0.2) is 11.5 Å². The van der Waals surface area contributed by atoms with Gasteiger partial charge in [0.25, 0.3) is 5.91 Å². The second-order valence-electron chi connectivity index (χ2n) is 7.14. The highest BCUT2D eigenvalue weighted by Gasteiger charge is 2.19. The van der Waals surface area contributed by atoms with Crippen LogP contribution in [0.15, 0.2) is 47.8 Å². The molecule has 0 saturated carbocycles. The quantitative estimate of drug-likeness (QED) is 0.511. The molecule has 0 bridgehead atoms. The van der Waals surface area contributed by atoms with Crippen molar-refractivity contribution in [2.24, 2.45) is 0 Å². The lowest BCUT2D eigenvalue weighted by molar-refractivity contribution is -0.116. The number of carbonyl (C=O) groups excluding carboxylic acids is 2. The van der Waals surface area contributed by atoms with E-state index in [0.29, 0.717) is 36.1 Å². The highest BCUT2D eigenvalue weighted by molar-refractivity contribution is 7.13. The molecule has 2 amide bonds. The van der Waals surface area contributed by atoms with Crippen LogP contribution in [-0.2, 0) is 4.79 Å². The first kappa shape index (κ1) is 23.3. The average Bonchev–Trinajstić information content (AvgIpc) is 3.26. The first-order valence-corrected chi connectivity index (χ1v) is 11.3. The Bertz CT molecular complexity index is 1080. The highest BCUT2D eigenvalue weighted by Crippen LogP contribution is 2.30. The van der Waals surface area contributed by atoms with E-state index in [2.05, 4.69) is 10.3 Å². The maximum atomic E-state index is 12.7. The topological polar surface area (TPSA) is 80.8 Å². The molecule has 32 heavy (non-hydrogen) atoms. The fourth-order valence-electron chi connectivity index (χ4n) is 3.01. The van der Waals surface area contributed by atoms with Crippen molar-refractivity contribution in [3.8, 4) is 22.1 Å². The van der Waals surface area contributed by atoms with E-state index >= 15 is 0 Å². The molecule has 0 radical (unpaired) electrons. The fourth-order valence-corrected chi connectivity index (χ4v) is 3.81. The SMILES string of the molecule is CCOc1ccc(NC(=O)CN(C)C(=O)c2csc(-c3ccc(C)cc3)n2)cc1OCC. The third-order valence-corrected chi connectivity index (χ3v) is 5.47. The van der Waals surface area contributed by atoms with E-state index in [4.69, 9.17) is 9.47 Å². The van der Waals surface area contributed by atoms with Gasteiger partial charge in [0.05, 0.1) is 19.8 Å². The van der Waals surface area contributed by atoms with Crippen LogP contribution in [0.2, 0.25) is 0 Å². The summed E-state index contributed by atoms with van der Waals surface area (Å²) in [6.45, 7) is 6.68. The van der Waals surface area contributed by atoms with Crippen LogP contribution in [0, 0.1) is 6.92 Å². The summed E-state index contributed by atoms with van der Waals surface area (Å²) in [6, 6.07) is 13.2. The van der Waals surface area contributed by atoms with E-state index in [1.807, 2.05) is 45.0 Å². The Kier molecular flexibility index (Phi) is 7.83. The molecule has 2 aromatic carbocycles. The summed E-state index contributed by atoms with van der Waals surface area (Å²) >= 11 is 1.40. The fraction of sp³-hybridized carbons (Fsp3) is 0.292. The summed E-state index contributed by atoms with van der Waals surface area (Å²) in [4.78, 5) is 31.0. The highest BCUT2D eigenvalue weighted by atomic mass is 32.1. The van der Waals surface area contributed by atoms with Crippen LogP contribution in [0.1, 0.15) is 29.9 Å². The summed E-state index contributed by atoms with van der Waals surface area (Å²) in [5.74, 6) is 0.549. The molecule has 0 aliphatic carbocycles. The standard InChI is InChI=1S/C24H27N3O4S/c1-5-30-20-12-11-18(13-21(20)31-6-2)25-22(28)14-27(4)24(29)19-15-32-23(26-19)17-9-7-16(3)8-10-17/h7-13,15H,5-6,14H2,1-4H3,(H,25,28). The normalized spacial score (nSPS) is 10.5. The number of aryl methyl sites for hydroxylation is 1. The Morgan fingerprint density at radius 2 is 1.72 bits per heavy atom. The van der Waals surface area contributed by atoms with Gasteiger partial charge in [-0.05, 0) is 32.9 Å². The lowest BCUT2D eigenvalue weighted by Gasteiger charge is -2.16. The number of anilines is 1. The van der Waals surface area contributed by atoms with Crippen LogP contribution in [0.25, 0.3) is 10.6 Å². The van der Waals surface area contributed by atoms with Gasteiger partial charge in [0.1, 0.15) is 10.7 Å². The largest absolute Gasteiger partial charge is 0.490 e. The minimum absolute atomic E-state index is 0.104. The Morgan fingerprint density at radius 1 is 1.03 bits per heavy atom. The first-order valence-electron chi connectivity index (χ1n) is 10.4. The van der Waals surface area contributed by atoms with Crippen molar-refractivity contribution in [2.75, 3.05) is 32.1 Å². The zero-order valence-electron chi connectivity index (χ0n) is 18.7. The molecule has 0 atom stereocenters. The third-order valence-electron chi connectivity index (χ3n) is 4.58. The van der Waals surface area contributed by atoms with E-state index in [1.165, 1.54) is 16.2 Å². The molecule has 0 aliphatic heterocycles. The summed E-state index contributed by atoms with van der Waals surface area (Å²) < 4.78 is 11.1. The maximum Gasteiger partial charge on any atom is 0.273 e. The predicted octanol–water partition coefficient (Wildman–Crippen LogP) is 4.63.